The molecular weight excluding hydrogens is 640 g/mol. The van der Waals surface area contributed by atoms with Crippen LogP contribution in [-0.2, 0) is 9.53 Å². The lowest BCUT2D eigenvalue weighted by atomic mass is 9.93. The second-order valence-electron chi connectivity index (χ2n) is 8.31. The first-order chi connectivity index (χ1) is 18.4. The highest BCUT2D eigenvalue weighted by Gasteiger charge is 2.36. The van der Waals surface area contributed by atoms with Crippen molar-refractivity contribution in [3.63, 3.8) is 0 Å². The average molecular weight is 658 g/mol. The maximum absolute atomic E-state index is 13.9. The molecule has 8 nitrogen and oxygen atoms in total. The van der Waals surface area contributed by atoms with Crippen LogP contribution in [-0.4, -0.2) is 23.9 Å². The van der Waals surface area contributed by atoms with Crippen LogP contribution >= 0.6 is 43.2 Å². The number of fused-ring (bicyclic) bond motifs is 2. The summed E-state index contributed by atoms with van der Waals surface area (Å²) >= 11 is 7.95. The molecule has 2 aliphatic heterocycles. The van der Waals surface area contributed by atoms with Crippen molar-refractivity contribution in [3.8, 4) is 11.5 Å². The lowest BCUT2D eigenvalue weighted by Crippen LogP contribution is -2.40. The summed E-state index contributed by atoms with van der Waals surface area (Å²) < 4.78 is 25.4. The van der Waals surface area contributed by atoms with Gasteiger partial charge >= 0.3 is 5.97 Å². The number of esters is 1. The molecule has 0 saturated carbocycles. The molecule has 2 aromatic carbocycles. The van der Waals surface area contributed by atoms with E-state index in [4.69, 9.17) is 23.6 Å². The largest absolute Gasteiger partial charge is 0.463 e. The zero-order chi connectivity index (χ0) is 26.4. The highest BCUT2D eigenvalue weighted by molar-refractivity contribution is 9.13. The Labute approximate surface area is 236 Å². The van der Waals surface area contributed by atoms with E-state index in [-0.39, 0.29) is 24.5 Å². The van der Waals surface area contributed by atoms with Crippen LogP contribution in [0.5, 0.6) is 11.5 Å². The summed E-state index contributed by atoms with van der Waals surface area (Å²) in [7, 11) is 0. The number of carbonyl (C=O) groups is 1. The molecule has 0 N–H and O–H groups in total. The van der Waals surface area contributed by atoms with Crippen LogP contribution in [0.1, 0.15) is 29.9 Å². The summed E-state index contributed by atoms with van der Waals surface area (Å²) in [6, 6.07) is 15.7. The fraction of sp³-hybridized carbons (Fsp3) is 0.148. The highest BCUT2D eigenvalue weighted by atomic mass is 79.9. The number of thiazole rings is 1. The van der Waals surface area contributed by atoms with Crippen LogP contribution in [0.3, 0.4) is 0 Å². The molecule has 2 aliphatic rings. The van der Waals surface area contributed by atoms with Gasteiger partial charge in [0.05, 0.1) is 32.9 Å². The summed E-state index contributed by atoms with van der Waals surface area (Å²) in [4.78, 5) is 32.7. The van der Waals surface area contributed by atoms with Crippen molar-refractivity contribution in [1.29, 1.82) is 0 Å². The van der Waals surface area contributed by atoms with Gasteiger partial charge in [0.25, 0.3) is 5.56 Å². The summed E-state index contributed by atoms with van der Waals surface area (Å²) in [5.74, 6) is 1.07. The van der Waals surface area contributed by atoms with Gasteiger partial charge in [-0.2, -0.15) is 0 Å². The van der Waals surface area contributed by atoms with E-state index < -0.39 is 12.0 Å². The smallest absolute Gasteiger partial charge is 0.338 e. The van der Waals surface area contributed by atoms with Gasteiger partial charge in [0.1, 0.15) is 5.76 Å². The minimum absolute atomic E-state index is 0.103. The van der Waals surface area contributed by atoms with Gasteiger partial charge in [0, 0.05) is 11.6 Å². The molecule has 1 atom stereocenters. The van der Waals surface area contributed by atoms with Gasteiger partial charge in [-0.3, -0.25) is 9.36 Å². The van der Waals surface area contributed by atoms with E-state index in [0.29, 0.717) is 42.5 Å². The molecule has 0 fully saturated rings. The van der Waals surface area contributed by atoms with Crippen LogP contribution < -0.4 is 24.4 Å². The van der Waals surface area contributed by atoms with Crippen molar-refractivity contribution < 1.29 is 23.4 Å². The fourth-order valence-corrected chi connectivity index (χ4v) is 5.99. The predicted molar refractivity (Wildman–Crippen MR) is 148 cm³/mol. The van der Waals surface area contributed by atoms with Crippen molar-refractivity contribution in [3.05, 3.63) is 106 Å². The second kappa shape index (κ2) is 10.0. The van der Waals surface area contributed by atoms with E-state index in [1.54, 1.807) is 31.2 Å². The minimum atomic E-state index is -0.813. The monoisotopic (exact) mass is 656 g/mol. The molecular formula is C27H18Br2N2O6S. The number of carbonyl (C=O) groups excluding carboxylic acids is 1. The van der Waals surface area contributed by atoms with Crippen LogP contribution in [0.4, 0.5) is 0 Å². The molecule has 0 spiro atoms. The van der Waals surface area contributed by atoms with Crippen LogP contribution in [0.25, 0.3) is 11.8 Å². The van der Waals surface area contributed by atoms with Crippen molar-refractivity contribution in [1.82, 2.24) is 4.57 Å². The number of hydrogen-bond acceptors (Lipinski definition) is 8. The van der Waals surface area contributed by atoms with Crippen molar-refractivity contribution in [2.75, 3.05) is 13.4 Å². The third-order valence-electron chi connectivity index (χ3n) is 6.02. The molecule has 0 bridgehead atoms. The Morgan fingerprint density at radius 3 is 2.68 bits per heavy atom. The van der Waals surface area contributed by atoms with Crippen LogP contribution in [0, 0.1) is 0 Å². The lowest BCUT2D eigenvalue weighted by molar-refractivity contribution is -0.138. The normalized spacial score (nSPS) is 16.4. The number of aromatic nitrogens is 1. The van der Waals surface area contributed by atoms with Crippen LogP contribution in [0.2, 0.25) is 0 Å². The van der Waals surface area contributed by atoms with Gasteiger partial charge in [-0.25, -0.2) is 9.79 Å². The molecule has 0 aliphatic carbocycles. The second-order valence-corrected chi connectivity index (χ2v) is 10.9. The van der Waals surface area contributed by atoms with Gasteiger partial charge in [0.15, 0.2) is 21.0 Å². The first-order valence-corrected chi connectivity index (χ1v) is 14.0. The number of nitrogens with zero attached hydrogens (tertiary/aromatic N) is 2. The average Bonchev–Trinajstić information content (AvgIpc) is 3.60. The van der Waals surface area contributed by atoms with Crippen molar-refractivity contribution in [2.45, 2.75) is 13.0 Å². The van der Waals surface area contributed by atoms with Gasteiger partial charge in [-0.1, -0.05) is 47.7 Å². The number of rotatable bonds is 5. The zero-order valence-electron chi connectivity index (χ0n) is 19.8. The summed E-state index contributed by atoms with van der Waals surface area (Å²) in [5, 5.41) is 0. The summed E-state index contributed by atoms with van der Waals surface area (Å²) in [6.45, 7) is 2.02. The first kappa shape index (κ1) is 24.9. The number of halogens is 2. The Bertz CT molecular complexity index is 1770. The molecule has 4 heterocycles. The molecule has 192 valence electrons. The van der Waals surface area contributed by atoms with Gasteiger partial charge < -0.3 is 18.6 Å². The maximum atomic E-state index is 13.9. The van der Waals surface area contributed by atoms with E-state index in [1.165, 1.54) is 15.9 Å². The van der Waals surface area contributed by atoms with E-state index in [0.717, 1.165) is 10.0 Å². The Morgan fingerprint density at radius 1 is 1.16 bits per heavy atom. The van der Waals surface area contributed by atoms with Crippen molar-refractivity contribution in [2.24, 2.45) is 4.99 Å². The molecule has 11 heteroatoms. The number of furan rings is 1. The SMILES string of the molecule is CCOC(=O)C1=C(c2ccccc2)N=c2s/c(=C/c3cc(Br)c(Br)o3)c(=O)n2[C@H]1c1ccc2c(c1)OCO2. The maximum Gasteiger partial charge on any atom is 0.338 e. The fourth-order valence-electron chi connectivity index (χ4n) is 4.40. The quantitative estimate of drug-likeness (QED) is 0.287. The lowest BCUT2D eigenvalue weighted by Gasteiger charge is -2.26. The van der Waals surface area contributed by atoms with E-state index in [1.807, 2.05) is 36.4 Å². The van der Waals surface area contributed by atoms with E-state index in [9.17, 15) is 9.59 Å². The van der Waals surface area contributed by atoms with Crippen LogP contribution in [0.15, 0.2) is 83.5 Å². The topological polar surface area (TPSA) is 92.3 Å². The zero-order valence-corrected chi connectivity index (χ0v) is 23.8. The van der Waals surface area contributed by atoms with E-state index in [2.05, 4.69) is 31.9 Å². The first-order valence-electron chi connectivity index (χ1n) is 11.6. The summed E-state index contributed by atoms with van der Waals surface area (Å²) in [6.07, 6.45) is 1.66. The number of hydrogen-bond donors (Lipinski definition) is 0. The molecule has 2 aromatic heterocycles. The van der Waals surface area contributed by atoms with Crippen molar-refractivity contribution >= 4 is 60.9 Å². The van der Waals surface area contributed by atoms with Gasteiger partial charge in [0.2, 0.25) is 6.79 Å². The Morgan fingerprint density at radius 2 is 1.95 bits per heavy atom. The molecule has 38 heavy (non-hydrogen) atoms. The highest BCUT2D eigenvalue weighted by Crippen LogP contribution is 2.40. The number of benzene rings is 2. The molecule has 0 saturated heterocycles. The molecule has 0 radical (unpaired) electrons. The number of ether oxygens (including phenoxy) is 3. The third kappa shape index (κ3) is 4.34. The molecule has 0 amide bonds. The predicted octanol–water partition coefficient (Wildman–Crippen LogP) is 4.78. The van der Waals surface area contributed by atoms with Gasteiger partial charge in [-0.05, 0) is 62.5 Å². The summed E-state index contributed by atoms with van der Waals surface area (Å²) in [5.41, 5.74) is 1.80. The Kier molecular flexibility index (Phi) is 6.58. The Balaban J connectivity index is 1.65. The Hall–Kier alpha value is -3.41. The third-order valence-corrected chi connectivity index (χ3v) is 8.72. The molecule has 4 aromatic rings. The minimum Gasteiger partial charge on any atom is -0.463 e. The molecule has 0 unspecified atom stereocenters. The standard InChI is InChI=1S/C27H18Br2N2O6S/c1-2-34-26(33)21-22(14-6-4-3-5-7-14)30-27-31(23(21)15-8-9-18-19(10-15)36-13-35-18)25(32)20(38-27)12-16-11-17(28)24(29)37-16/h3-12,23H,2,13H2,1H3/b20-12+/t23-/m0/s1. The van der Waals surface area contributed by atoms with Gasteiger partial charge in [-0.15, -0.1) is 0 Å². The molecule has 6 rings (SSSR count). The van der Waals surface area contributed by atoms with E-state index >= 15 is 0 Å².